The van der Waals surface area contributed by atoms with Crippen molar-refractivity contribution in [2.45, 2.75) is 95.5 Å². The highest BCUT2D eigenvalue weighted by atomic mass is 19.1. The lowest BCUT2D eigenvalue weighted by Gasteiger charge is -2.35. The lowest BCUT2D eigenvalue weighted by Crippen LogP contribution is -2.60. The second-order valence-electron chi connectivity index (χ2n) is 15.2. The van der Waals surface area contributed by atoms with Crippen LogP contribution < -0.4 is 21.3 Å². The SMILES string of the molecule is Cc1ccc(NC(=O)N[C@@H](Cc2cc(F)cc(F)c2)C(=O)N[C@@H]2C(=O)N3CCC[C@H]3C(=O)N(C)[C@@H](C)C(=O)N[C@@H](C)C(=O)N3CCC[C@]34C(=O)[C@@H]4[C@H]2C)cc1. The minimum atomic E-state index is -1.47. The minimum Gasteiger partial charge on any atom is -0.343 e. The van der Waals surface area contributed by atoms with Gasteiger partial charge in [-0.25, -0.2) is 13.6 Å². The normalized spacial score (nSPS) is 29.0. The average Bonchev–Trinajstić information content (AvgIpc) is 3.48. The number of nitrogens with one attached hydrogen (secondary N) is 4. The molecule has 2 aromatic carbocycles. The fraction of sp³-hybridized carbons (Fsp3) is 0.513. The van der Waals surface area contributed by atoms with E-state index in [2.05, 4.69) is 21.3 Å². The van der Waals surface area contributed by atoms with Gasteiger partial charge in [-0.2, -0.15) is 0 Å². The van der Waals surface area contributed by atoms with Crippen LogP contribution >= 0.6 is 0 Å². The van der Waals surface area contributed by atoms with Gasteiger partial charge < -0.3 is 36.0 Å². The molecule has 16 heteroatoms. The Balaban J connectivity index is 1.36. The maximum absolute atomic E-state index is 14.7. The second-order valence-corrected chi connectivity index (χ2v) is 15.2. The van der Waals surface area contributed by atoms with Crippen LogP contribution in [0.5, 0.6) is 0 Å². The van der Waals surface area contributed by atoms with Crippen molar-refractivity contribution in [3.8, 4) is 0 Å². The lowest BCUT2D eigenvalue weighted by atomic mass is 9.90. The van der Waals surface area contributed by atoms with E-state index in [4.69, 9.17) is 0 Å². The van der Waals surface area contributed by atoms with Gasteiger partial charge >= 0.3 is 6.03 Å². The molecule has 294 valence electrons. The maximum Gasteiger partial charge on any atom is 0.319 e. The summed E-state index contributed by atoms with van der Waals surface area (Å²) in [6.45, 7) is 6.92. The molecule has 3 heterocycles. The third-order valence-electron chi connectivity index (χ3n) is 11.6. The smallest absolute Gasteiger partial charge is 0.319 e. The highest BCUT2D eigenvalue weighted by Crippen LogP contribution is 2.56. The molecule has 6 rings (SSSR count). The van der Waals surface area contributed by atoms with Crippen LogP contribution in [0.15, 0.2) is 42.5 Å². The highest BCUT2D eigenvalue weighted by Gasteiger charge is 2.73. The summed E-state index contributed by atoms with van der Waals surface area (Å²) in [7, 11) is 1.44. The van der Waals surface area contributed by atoms with Crippen LogP contribution in [0.3, 0.4) is 0 Å². The molecule has 0 aromatic heterocycles. The number of benzene rings is 2. The number of ketones is 1. The monoisotopic (exact) mass is 763 g/mol. The minimum absolute atomic E-state index is 0.0470. The van der Waals surface area contributed by atoms with E-state index in [-0.39, 0.29) is 37.3 Å². The number of aryl methyl sites for hydroxylation is 1. The van der Waals surface area contributed by atoms with Crippen molar-refractivity contribution >= 4 is 47.0 Å². The molecule has 8 atom stereocenters. The zero-order chi connectivity index (χ0) is 39.9. The summed E-state index contributed by atoms with van der Waals surface area (Å²) in [5.41, 5.74) is 0.142. The van der Waals surface area contributed by atoms with Crippen LogP contribution in [0.4, 0.5) is 19.3 Å². The Morgan fingerprint density at radius 1 is 0.927 bits per heavy atom. The van der Waals surface area contributed by atoms with E-state index >= 15 is 0 Å². The number of carbonyl (C=O) groups is 7. The number of Topliss-reactive ketones (excluding diaryl/α,β-unsaturated/α-hetero) is 1. The summed E-state index contributed by atoms with van der Waals surface area (Å²) >= 11 is 0. The van der Waals surface area contributed by atoms with Crippen LogP contribution in [0.25, 0.3) is 0 Å². The van der Waals surface area contributed by atoms with E-state index in [1.165, 1.54) is 35.6 Å². The largest absolute Gasteiger partial charge is 0.343 e. The third-order valence-corrected chi connectivity index (χ3v) is 11.6. The zero-order valence-electron chi connectivity index (χ0n) is 31.5. The van der Waals surface area contributed by atoms with E-state index in [1.54, 1.807) is 31.2 Å². The van der Waals surface area contributed by atoms with Crippen molar-refractivity contribution in [3.63, 3.8) is 0 Å². The molecule has 3 saturated heterocycles. The van der Waals surface area contributed by atoms with Crippen LogP contribution in [0.2, 0.25) is 0 Å². The van der Waals surface area contributed by atoms with E-state index in [1.807, 2.05) is 6.92 Å². The van der Waals surface area contributed by atoms with Gasteiger partial charge in [0.2, 0.25) is 29.5 Å². The molecule has 4 N–H and O–H groups in total. The molecule has 1 saturated carbocycles. The van der Waals surface area contributed by atoms with Crippen molar-refractivity contribution in [1.29, 1.82) is 0 Å². The maximum atomic E-state index is 14.7. The zero-order valence-corrected chi connectivity index (χ0v) is 31.5. The summed E-state index contributed by atoms with van der Waals surface area (Å²) in [6.07, 6.45) is 1.17. The number of fused-ring (bicyclic) bond motifs is 1. The lowest BCUT2D eigenvalue weighted by molar-refractivity contribution is -0.148. The van der Waals surface area contributed by atoms with Crippen molar-refractivity contribution in [2.24, 2.45) is 11.8 Å². The number of amides is 7. The van der Waals surface area contributed by atoms with E-state index in [0.29, 0.717) is 31.0 Å². The Hall–Kier alpha value is -5.41. The van der Waals surface area contributed by atoms with Crippen molar-refractivity contribution in [3.05, 3.63) is 65.2 Å². The molecule has 2 aromatic rings. The van der Waals surface area contributed by atoms with Gasteiger partial charge in [-0.05, 0) is 82.2 Å². The van der Waals surface area contributed by atoms with Crippen LogP contribution in [-0.2, 0) is 35.2 Å². The summed E-state index contributed by atoms with van der Waals surface area (Å²) in [6, 6.07) is 2.85. The number of hydrogen-bond acceptors (Lipinski definition) is 7. The molecule has 3 aliphatic heterocycles. The summed E-state index contributed by atoms with van der Waals surface area (Å²) in [5.74, 6) is -6.98. The predicted molar refractivity (Wildman–Crippen MR) is 195 cm³/mol. The van der Waals surface area contributed by atoms with E-state index < -0.39 is 94.8 Å². The molecule has 1 spiro atoms. The summed E-state index contributed by atoms with van der Waals surface area (Å²) in [4.78, 5) is 101. The molecule has 4 aliphatic rings. The van der Waals surface area contributed by atoms with Gasteiger partial charge in [0.25, 0.3) is 0 Å². The Kier molecular flexibility index (Phi) is 11.0. The van der Waals surface area contributed by atoms with Gasteiger partial charge in [-0.1, -0.05) is 24.6 Å². The Labute approximate surface area is 317 Å². The van der Waals surface area contributed by atoms with Crippen molar-refractivity contribution in [1.82, 2.24) is 30.7 Å². The first-order valence-electron chi connectivity index (χ1n) is 18.7. The van der Waals surface area contributed by atoms with Gasteiger partial charge in [0.1, 0.15) is 47.4 Å². The van der Waals surface area contributed by atoms with Crippen molar-refractivity contribution in [2.75, 3.05) is 25.5 Å². The molecular formula is C39H47F2N7O7. The molecule has 55 heavy (non-hydrogen) atoms. The predicted octanol–water partition coefficient (Wildman–Crippen LogP) is 2.04. The van der Waals surface area contributed by atoms with Gasteiger partial charge in [-0.15, -0.1) is 0 Å². The fourth-order valence-corrected chi connectivity index (χ4v) is 8.46. The van der Waals surface area contributed by atoms with Crippen LogP contribution in [-0.4, -0.2) is 112 Å². The van der Waals surface area contributed by atoms with Gasteiger partial charge in [0.15, 0.2) is 5.78 Å². The Bertz CT molecular complexity index is 1890. The third kappa shape index (κ3) is 7.63. The number of carbonyl (C=O) groups excluding carboxylic acids is 7. The molecular weight excluding hydrogens is 716 g/mol. The highest BCUT2D eigenvalue weighted by molar-refractivity contribution is 6.12. The number of likely N-dealkylation sites (N-methyl/N-ethyl adjacent to an activating group) is 1. The molecule has 4 fully saturated rings. The summed E-state index contributed by atoms with van der Waals surface area (Å²) in [5, 5.41) is 10.7. The van der Waals surface area contributed by atoms with Crippen molar-refractivity contribution < 1.29 is 42.3 Å². The number of hydrogen-bond donors (Lipinski definition) is 4. The quantitative estimate of drug-likeness (QED) is 0.348. The molecule has 0 radical (unpaired) electrons. The number of urea groups is 1. The fourth-order valence-electron chi connectivity index (χ4n) is 8.46. The first-order chi connectivity index (χ1) is 26.0. The first kappa shape index (κ1) is 39.3. The van der Waals surface area contributed by atoms with Gasteiger partial charge in [-0.3, -0.25) is 28.8 Å². The Morgan fingerprint density at radius 2 is 1.60 bits per heavy atom. The number of anilines is 1. The van der Waals surface area contributed by atoms with Crippen LogP contribution in [0, 0.1) is 30.4 Å². The van der Waals surface area contributed by atoms with Gasteiger partial charge in [0.05, 0.1) is 5.92 Å². The number of nitrogens with zero attached hydrogens (tertiary/aromatic N) is 3. The van der Waals surface area contributed by atoms with Crippen LogP contribution in [0.1, 0.15) is 57.6 Å². The number of halogens is 2. The molecule has 0 unspecified atom stereocenters. The second kappa shape index (κ2) is 15.4. The van der Waals surface area contributed by atoms with E-state index in [0.717, 1.165) is 17.7 Å². The molecule has 7 amide bonds. The molecule has 14 nitrogen and oxygen atoms in total. The molecule has 1 aliphatic carbocycles. The first-order valence-corrected chi connectivity index (χ1v) is 18.7. The Morgan fingerprint density at radius 3 is 2.27 bits per heavy atom. The average molecular weight is 764 g/mol. The standard InChI is InChI=1S/C39H47F2N7O7/c1-20-9-11-27(12-10-20)43-38(55)44-28(18-24-16-25(40)19-26(41)17-24)34(51)45-31-21(2)30-32(49)39(30)13-7-15-48(39)35(52)22(3)42-33(50)23(4)46(5)36(53)29-8-6-14-47(29)37(31)54/h9-12,16-17,19,21-23,28-31H,6-8,13-15,18H2,1-5H3,(H,42,50)(H,45,51)(H2,43,44,55)/t21-,22+,23+,28+,29+,30+,31+,39+/m1/s1. The topological polar surface area (TPSA) is 177 Å². The molecule has 0 bridgehead atoms. The summed E-state index contributed by atoms with van der Waals surface area (Å²) < 4.78 is 28.6. The number of rotatable bonds is 6. The van der Waals surface area contributed by atoms with Gasteiger partial charge in [0, 0.05) is 38.3 Å². The van der Waals surface area contributed by atoms with E-state index in [9.17, 15) is 42.3 Å².